The van der Waals surface area contributed by atoms with Gasteiger partial charge in [-0.2, -0.15) is 0 Å². The molecule has 2 atom stereocenters. The summed E-state index contributed by atoms with van der Waals surface area (Å²) in [6.45, 7) is 6.45. The second kappa shape index (κ2) is 16.8. The molecule has 0 N–H and O–H groups in total. The summed E-state index contributed by atoms with van der Waals surface area (Å²) in [5.41, 5.74) is 0. The molecule has 0 radical (unpaired) electrons. The van der Waals surface area contributed by atoms with Gasteiger partial charge in [0.15, 0.2) is 0 Å². The van der Waals surface area contributed by atoms with Crippen molar-refractivity contribution < 1.29 is 9.47 Å². The van der Waals surface area contributed by atoms with Crippen molar-refractivity contribution >= 4 is 15.0 Å². The molecule has 0 spiro atoms. The normalized spacial score (nSPS) is 14.3. The molecule has 21 heavy (non-hydrogen) atoms. The predicted octanol–water partition coefficient (Wildman–Crippen LogP) is 5.50. The second-order valence-electron chi connectivity index (χ2n) is 5.99. The summed E-state index contributed by atoms with van der Waals surface area (Å²) in [4.78, 5) is 1.57. The molecule has 0 aromatic heterocycles. The number of hydrogen-bond acceptors (Lipinski definition) is 2. The molecule has 0 aromatic rings. The first-order valence-corrected chi connectivity index (χ1v) is 10.9. The van der Waals surface area contributed by atoms with Crippen LogP contribution in [-0.4, -0.2) is 42.4 Å². The van der Waals surface area contributed by atoms with Crippen molar-refractivity contribution in [1.82, 2.24) is 0 Å². The molecule has 0 amide bonds. The van der Waals surface area contributed by atoms with Gasteiger partial charge in [0.1, 0.15) is 0 Å². The van der Waals surface area contributed by atoms with Crippen molar-refractivity contribution in [3.8, 4) is 0 Å². The van der Waals surface area contributed by atoms with Crippen molar-refractivity contribution in [2.45, 2.75) is 87.7 Å². The van der Waals surface area contributed by atoms with Crippen LogP contribution >= 0.6 is 0 Å². The van der Waals surface area contributed by atoms with Crippen molar-refractivity contribution in [3.63, 3.8) is 0 Å². The molecule has 0 fully saturated rings. The van der Waals surface area contributed by atoms with Crippen LogP contribution in [0, 0.1) is 0 Å². The number of hydrogen-bond donors (Lipinski definition) is 0. The molecular formula is C18H38O2Se. The van der Waals surface area contributed by atoms with Crippen LogP contribution in [0.25, 0.3) is 0 Å². The summed E-state index contributed by atoms with van der Waals surface area (Å²) in [6.07, 6.45) is 13.6. The Balaban J connectivity index is 4.04. The molecule has 0 aliphatic heterocycles. The van der Waals surface area contributed by atoms with Gasteiger partial charge in [0.05, 0.1) is 0 Å². The van der Waals surface area contributed by atoms with Gasteiger partial charge in [-0.3, -0.25) is 0 Å². The van der Waals surface area contributed by atoms with Crippen LogP contribution in [0.15, 0.2) is 0 Å². The fourth-order valence-corrected chi connectivity index (χ4v) is 5.94. The van der Waals surface area contributed by atoms with Crippen molar-refractivity contribution in [2.24, 2.45) is 0 Å². The Bertz CT molecular complexity index is 180. The Hall–Kier alpha value is 0.439. The van der Waals surface area contributed by atoms with E-state index in [2.05, 4.69) is 13.8 Å². The fourth-order valence-electron chi connectivity index (χ4n) is 2.62. The summed E-state index contributed by atoms with van der Waals surface area (Å²) in [5, 5.41) is 0. The van der Waals surface area contributed by atoms with E-state index >= 15 is 0 Å². The standard InChI is InChI=1S/C18H38O2Se/c1-5-7-9-11-13-17(15-19-3)21-18(16-20-4)14-12-10-8-6-2/h17-18H,5-16H2,1-4H3. The molecule has 2 nitrogen and oxygen atoms in total. The Morgan fingerprint density at radius 3 is 1.43 bits per heavy atom. The van der Waals surface area contributed by atoms with Crippen LogP contribution < -0.4 is 0 Å². The summed E-state index contributed by atoms with van der Waals surface area (Å²) in [7, 11) is 3.70. The molecule has 0 bridgehead atoms. The number of unbranched alkanes of at least 4 members (excludes halogenated alkanes) is 6. The minimum absolute atomic E-state index is 0.657. The first-order valence-electron chi connectivity index (χ1n) is 8.91. The summed E-state index contributed by atoms with van der Waals surface area (Å²) in [6, 6.07) is 0. The van der Waals surface area contributed by atoms with E-state index < -0.39 is 0 Å². The number of ether oxygens (including phenoxy) is 2. The van der Waals surface area contributed by atoms with Crippen LogP contribution in [0.4, 0.5) is 0 Å². The zero-order valence-electron chi connectivity index (χ0n) is 14.9. The van der Waals surface area contributed by atoms with E-state index in [1.807, 2.05) is 14.2 Å². The summed E-state index contributed by atoms with van der Waals surface area (Å²) < 4.78 is 10.9. The molecule has 0 aromatic carbocycles. The second-order valence-corrected chi connectivity index (χ2v) is 9.36. The maximum atomic E-state index is 5.46. The van der Waals surface area contributed by atoms with Gasteiger partial charge in [-0.25, -0.2) is 0 Å². The number of rotatable bonds is 16. The molecule has 0 saturated carbocycles. The first kappa shape index (κ1) is 21.4. The van der Waals surface area contributed by atoms with Crippen molar-refractivity contribution in [2.75, 3.05) is 27.4 Å². The molecule has 2 unspecified atom stereocenters. The third-order valence-corrected chi connectivity index (χ3v) is 7.02. The zero-order valence-corrected chi connectivity index (χ0v) is 16.6. The monoisotopic (exact) mass is 366 g/mol. The average Bonchev–Trinajstić information content (AvgIpc) is 2.48. The van der Waals surface area contributed by atoms with Gasteiger partial charge in [-0.1, -0.05) is 0 Å². The van der Waals surface area contributed by atoms with Crippen LogP contribution in [-0.2, 0) is 9.47 Å². The molecule has 0 heterocycles. The minimum atomic E-state index is 0.657. The van der Waals surface area contributed by atoms with Crippen LogP contribution in [0.1, 0.15) is 78.1 Å². The van der Waals surface area contributed by atoms with Gasteiger partial charge < -0.3 is 0 Å². The molecule has 128 valence electrons. The van der Waals surface area contributed by atoms with Gasteiger partial charge in [0, 0.05) is 0 Å². The Labute approximate surface area is 139 Å². The topological polar surface area (TPSA) is 18.5 Å². The van der Waals surface area contributed by atoms with E-state index in [0.717, 1.165) is 22.8 Å². The van der Waals surface area contributed by atoms with Gasteiger partial charge >= 0.3 is 140 Å². The predicted molar refractivity (Wildman–Crippen MR) is 94.5 cm³/mol. The van der Waals surface area contributed by atoms with Crippen molar-refractivity contribution in [1.29, 1.82) is 0 Å². The van der Waals surface area contributed by atoms with E-state index in [1.165, 1.54) is 64.2 Å². The van der Waals surface area contributed by atoms with Gasteiger partial charge in [0.2, 0.25) is 0 Å². The Morgan fingerprint density at radius 2 is 1.10 bits per heavy atom. The zero-order chi connectivity index (χ0) is 15.8. The molecule has 0 rings (SSSR count). The van der Waals surface area contributed by atoms with Gasteiger partial charge in [-0.05, 0) is 0 Å². The molecule has 3 heteroatoms. The van der Waals surface area contributed by atoms with E-state index in [4.69, 9.17) is 9.47 Å². The SMILES string of the molecule is CCCCCCC(COC)[Se]C(CCCCCC)COC. The van der Waals surface area contributed by atoms with E-state index in [0.29, 0.717) is 15.0 Å². The molecule has 0 saturated heterocycles. The van der Waals surface area contributed by atoms with Gasteiger partial charge in [0.25, 0.3) is 0 Å². The summed E-state index contributed by atoms with van der Waals surface area (Å²) in [5.74, 6) is 0. The van der Waals surface area contributed by atoms with Crippen LogP contribution in [0.5, 0.6) is 0 Å². The maximum absolute atomic E-state index is 5.46. The summed E-state index contributed by atoms with van der Waals surface area (Å²) >= 11 is 0.657. The van der Waals surface area contributed by atoms with E-state index in [1.54, 1.807) is 0 Å². The molecule has 0 aliphatic carbocycles. The van der Waals surface area contributed by atoms with Gasteiger partial charge in [-0.15, -0.1) is 0 Å². The average molecular weight is 365 g/mol. The third kappa shape index (κ3) is 13.8. The van der Waals surface area contributed by atoms with E-state index in [-0.39, 0.29) is 0 Å². The fraction of sp³-hybridized carbons (Fsp3) is 1.00. The van der Waals surface area contributed by atoms with Crippen LogP contribution in [0.2, 0.25) is 9.63 Å². The quantitative estimate of drug-likeness (QED) is 0.266. The first-order chi connectivity index (χ1) is 10.3. The number of methoxy groups -OCH3 is 2. The van der Waals surface area contributed by atoms with Crippen LogP contribution in [0.3, 0.4) is 0 Å². The Kier molecular flexibility index (Phi) is 17.2. The molecule has 0 aliphatic rings. The third-order valence-electron chi connectivity index (χ3n) is 3.85. The molecular weight excluding hydrogens is 327 g/mol. The van der Waals surface area contributed by atoms with E-state index in [9.17, 15) is 0 Å². The van der Waals surface area contributed by atoms with Crippen molar-refractivity contribution in [3.05, 3.63) is 0 Å². The Morgan fingerprint density at radius 1 is 0.667 bits per heavy atom.